The second kappa shape index (κ2) is 7.64. The molecule has 2 aliphatic heterocycles. The van der Waals surface area contributed by atoms with Crippen LogP contribution in [0.15, 0.2) is 50.7 Å². The summed E-state index contributed by atoms with van der Waals surface area (Å²) in [5.41, 5.74) is 1.97. The van der Waals surface area contributed by atoms with E-state index in [1.807, 2.05) is 49.4 Å². The van der Waals surface area contributed by atoms with Gasteiger partial charge in [0, 0.05) is 32.3 Å². The highest BCUT2D eigenvalue weighted by Gasteiger charge is 2.31. The van der Waals surface area contributed by atoms with E-state index in [9.17, 15) is 4.79 Å². The molecule has 140 valence electrons. The Labute approximate surface area is 163 Å². The Morgan fingerprint density at radius 3 is 2.67 bits per heavy atom. The van der Waals surface area contributed by atoms with E-state index in [2.05, 4.69) is 9.89 Å². The second-order valence-corrected chi connectivity index (χ2v) is 7.89. The Morgan fingerprint density at radius 1 is 1.11 bits per heavy atom. The van der Waals surface area contributed by atoms with E-state index in [-0.39, 0.29) is 5.91 Å². The van der Waals surface area contributed by atoms with E-state index in [0.717, 1.165) is 30.2 Å². The molecule has 5 nitrogen and oxygen atoms in total. The lowest BCUT2D eigenvalue weighted by Crippen LogP contribution is -2.28. The number of nitrogens with zero attached hydrogens (tertiary/aromatic N) is 3. The molecule has 6 heteroatoms. The third-order valence-corrected chi connectivity index (χ3v) is 5.95. The van der Waals surface area contributed by atoms with Gasteiger partial charge in [-0.05, 0) is 55.6 Å². The van der Waals surface area contributed by atoms with Gasteiger partial charge in [0.1, 0.15) is 5.76 Å². The molecule has 3 heterocycles. The Bertz CT molecular complexity index is 910. The molecular formula is C21H23N3O2S. The molecule has 0 unspecified atom stereocenters. The lowest BCUT2D eigenvalue weighted by atomic mass is 10.1. The molecule has 1 amide bonds. The number of piperidine rings is 1. The standard InChI is InChI=1S/C21H23N3O2S/c1-15-8-4-5-9-17(15)22-21-23(2)20(25)18(27-21)14-16-10-11-19(26-16)24-12-6-3-7-13-24/h4-5,8-11,14H,3,6-7,12-13H2,1-2H3/b18-14+,22-21?. The summed E-state index contributed by atoms with van der Waals surface area (Å²) >= 11 is 1.38. The summed E-state index contributed by atoms with van der Waals surface area (Å²) in [7, 11) is 1.76. The zero-order valence-corrected chi connectivity index (χ0v) is 16.5. The molecule has 0 spiro atoms. The maximum absolute atomic E-state index is 12.6. The molecule has 0 saturated carbocycles. The summed E-state index contributed by atoms with van der Waals surface area (Å²) in [6, 6.07) is 11.8. The number of para-hydroxylation sites is 1. The molecule has 0 radical (unpaired) electrons. The van der Waals surface area contributed by atoms with Crippen LogP contribution in [0.5, 0.6) is 0 Å². The first-order chi connectivity index (χ1) is 13.1. The number of aryl methyl sites for hydroxylation is 1. The van der Waals surface area contributed by atoms with Crippen LogP contribution >= 0.6 is 11.8 Å². The lowest BCUT2D eigenvalue weighted by molar-refractivity contribution is -0.121. The van der Waals surface area contributed by atoms with Crippen molar-refractivity contribution in [2.24, 2.45) is 4.99 Å². The van der Waals surface area contributed by atoms with Gasteiger partial charge >= 0.3 is 0 Å². The smallest absolute Gasteiger partial charge is 0.266 e. The van der Waals surface area contributed by atoms with Gasteiger partial charge in [0.25, 0.3) is 5.91 Å². The summed E-state index contributed by atoms with van der Waals surface area (Å²) in [6.07, 6.45) is 5.51. The van der Waals surface area contributed by atoms with Crippen molar-refractivity contribution in [3.05, 3.63) is 52.6 Å². The molecule has 2 aromatic rings. The van der Waals surface area contributed by atoms with Gasteiger partial charge in [0.05, 0.1) is 10.6 Å². The molecule has 0 aliphatic carbocycles. The highest BCUT2D eigenvalue weighted by Crippen LogP contribution is 2.34. The van der Waals surface area contributed by atoms with Crippen LogP contribution in [-0.2, 0) is 4.79 Å². The molecule has 1 aromatic carbocycles. The van der Waals surface area contributed by atoms with Gasteiger partial charge in [-0.15, -0.1) is 0 Å². The number of likely N-dealkylation sites (N-methyl/N-ethyl adjacent to an activating group) is 1. The highest BCUT2D eigenvalue weighted by atomic mass is 32.2. The largest absolute Gasteiger partial charge is 0.441 e. The van der Waals surface area contributed by atoms with Crippen LogP contribution in [0.1, 0.15) is 30.6 Å². The van der Waals surface area contributed by atoms with Gasteiger partial charge in [-0.3, -0.25) is 9.69 Å². The monoisotopic (exact) mass is 381 g/mol. The number of thioether (sulfide) groups is 1. The number of rotatable bonds is 3. The average Bonchev–Trinajstić information content (AvgIpc) is 3.25. The van der Waals surface area contributed by atoms with Crippen LogP contribution in [0.4, 0.5) is 11.6 Å². The number of hydrogen-bond acceptors (Lipinski definition) is 5. The van der Waals surface area contributed by atoms with Crippen molar-refractivity contribution in [1.29, 1.82) is 0 Å². The van der Waals surface area contributed by atoms with Gasteiger partial charge in [-0.2, -0.15) is 0 Å². The quantitative estimate of drug-likeness (QED) is 0.716. The fourth-order valence-electron chi connectivity index (χ4n) is 3.28. The normalized spacial score (nSPS) is 20.9. The summed E-state index contributed by atoms with van der Waals surface area (Å²) in [5, 5.41) is 0.684. The topological polar surface area (TPSA) is 49.1 Å². The number of carbonyl (C=O) groups is 1. The molecule has 2 fully saturated rings. The number of hydrogen-bond donors (Lipinski definition) is 0. The molecule has 0 N–H and O–H groups in total. The van der Waals surface area contributed by atoms with Crippen LogP contribution in [0.3, 0.4) is 0 Å². The maximum atomic E-state index is 12.6. The lowest BCUT2D eigenvalue weighted by Gasteiger charge is -2.25. The Morgan fingerprint density at radius 2 is 1.89 bits per heavy atom. The van der Waals surface area contributed by atoms with Gasteiger partial charge in [-0.25, -0.2) is 4.99 Å². The summed E-state index contributed by atoms with van der Waals surface area (Å²) in [5.74, 6) is 1.54. The molecule has 2 saturated heterocycles. The third kappa shape index (κ3) is 3.81. The fraction of sp³-hybridized carbons (Fsp3) is 0.333. The molecule has 2 aliphatic rings. The van der Waals surface area contributed by atoms with Crippen molar-refractivity contribution in [2.75, 3.05) is 25.0 Å². The minimum absolute atomic E-state index is 0.0525. The number of furan rings is 1. The van der Waals surface area contributed by atoms with Gasteiger partial charge < -0.3 is 9.32 Å². The first-order valence-corrected chi connectivity index (χ1v) is 10.1. The van der Waals surface area contributed by atoms with Crippen molar-refractivity contribution < 1.29 is 9.21 Å². The fourth-order valence-corrected chi connectivity index (χ4v) is 4.24. The first kappa shape index (κ1) is 17.9. The van der Waals surface area contributed by atoms with Crippen LogP contribution in [0.2, 0.25) is 0 Å². The van der Waals surface area contributed by atoms with E-state index in [1.165, 1.54) is 31.0 Å². The van der Waals surface area contributed by atoms with Gasteiger partial charge in [0.2, 0.25) is 0 Å². The van der Waals surface area contributed by atoms with Crippen molar-refractivity contribution in [3.63, 3.8) is 0 Å². The molecule has 4 rings (SSSR count). The zero-order valence-electron chi connectivity index (χ0n) is 15.6. The SMILES string of the molecule is Cc1ccccc1N=C1S/C(=C/c2ccc(N3CCCCC3)o2)C(=O)N1C. The predicted molar refractivity (Wildman–Crippen MR) is 111 cm³/mol. The Balaban J connectivity index is 1.55. The Hall–Kier alpha value is -2.47. The number of carbonyl (C=O) groups excluding carboxylic acids is 1. The van der Waals surface area contributed by atoms with Crippen molar-refractivity contribution in [3.8, 4) is 0 Å². The van der Waals surface area contributed by atoms with Crippen molar-refractivity contribution in [2.45, 2.75) is 26.2 Å². The second-order valence-electron chi connectivity index (χ2n) is 6.88. The summed E-state index contributed by atoms with van der Waals surface area (Å²) in [6.45, 7) is 4.09. The predicted octanol–water partition coefficient (Wildman–Crippen LogP) is 4.81. The van der Waals surface area contributed by atoms with Crippen LogP contribution < -0.4 is 4.90 Å². The van der Waals surface area contributed by atoms with E-state index in [1.54, 1.807) is 11.9 Å². The van der Waals surface area contributed by atoms with Gasteiger partial charge in [0.15, 0.2) is 11.1 Å². The Kier molecular flexibility index (Phi) is 5.07. The average molecular weight is 382 g/mol. The van der Waals surface area contributed by atoms with E-state index in [0.29, 0.717) is 15.8 Å². The van der Waals surface area contributed by atoms with Crippen LogP contribution in [0.25, 0.3) is 6.08 Å². The van der Waals surface area contributed by atoms with E-state index >= 15 is 0 Å². The molecule has 27 heavy (non-hydrogen) atoms. The van der Waals surface area contributed by atoms with Crippen molar-refractivity contribution in [1.82, 2.24) is 4.90 Å². The minimum atomic E-state index is -0.0525. The molecule has 0 atom stereocenters. The zero-order chi connectivity index (χ0) is 18.8. The van der Waals surface area contributed by atoms with Crippen LogP contribution in [0, 0.1) is 6.92 Å². The highest BCUT2D eigenvalue weighted by molar-refractivity contribution is 8.18. The summed E-state index contributed by atoms with van der Waals surface area (Å²) in [4.78, 5) is 21.8. The van der Waals surface area contributed by atoms with E-state index < -0.39 is 0 Å². The van der Waals surface area contributed by atoms with Gasteiger partial charge in [-0.1, -0.05) is 18.2 Å². The molecule has 0 bridgehead atoms. The maximum Gasteiger partial charge on any atom is 0.266 e. The molecule has 1 aromatic heterocycles. The van der Waals surface area contributed by atoms with Crippen molar-refractivity contribution >= 4 is 40.5 Å². The third-order valence-electron chi connectivity index (χ3n) is 4.89. The summed E-state index contributed by atoms with van der Waals surface area (Å²) < 4.78 is 5.97. The minimum Gasteiger partial charge on any atom is -0.441 e. The number of aliphatic imine (C=N–C) groups is 1. The number of anilines is 1. The first-order valence-electron chi connectivity index (χ1n) is 9.28. The van der Waals surface area contributed by atoms with E-state index in [4.69, 9.17) is 4.42 Å². The number of benzene rings is 1. The molecular weight excluding hydrogens is 358 g/mol. The number of amides is 1. The number of amidine groups is 1. The van der Waals surface area contributed by atoms with Crippen LogP contribution in [-0.4, -0.2) is 36.1 Å².